The molecular formula is C10H12ClNO5. The van der Waals surface area contributed by atoms with Gasteiger partial charge in [0.25, 0.3) is 0 Å². The van der Waals surface area contributed by atoms with Crippen LogP contribution in [-0.4, -0.2) is 41.5 Å². The number of ether oxygens (including phenoxy) is 2. The van der Waals surface area contributed by atoms with Crippen molar-refractivity contribution >= 4 is 17.6 Å². The maximum Gasteiger partial charge on any atom is 0.337 e. The van der Waals surface area contributed by atoms with Crippen LogP contribution in [0.25, 0.3) is 0 Å². The predicted octanol–water partition coefficient (Wildman–Crippen LogP) is 0.311. The lowest BCUT2D eigenvalue weighted by molar-refractivity contribution is -0.156. The minimum absolute atomic E-state index is 0.0739. The molecule has 1 aromatic rings. The summed E-state index contributed by atoms with van der Waals surface area (Å²) in [7, 11) is 2.45. The van der Waals surface area contributed by atoms with Crippen molar-refractivity contribution in [1.29, 1.82) is 0 Å². The summed E-state index contributed by atoms with van der Waals surface area (Å²) < 4.78 is 9.21. The maximum atomic E-state index is 11.1. The van der Waals surface area contributed by atoms with Crippen LogP contribution in [0, 0.1) is 0 Å². The van der Waals surface area contributed by atoms with Gasteiger partial charge in [-0.2, -0.15) is 0 Å². The molecule has 1 rings (SSSR count). The SMILES string of the molecule is COC(=O)C(O)C(O)c1cc(Cl)cnc1OC. The van der Waals surface area contributed by atoms with Crippen LogP contribution in [0.5, 0.6) is 5.88 Å². The van der Waals surface area contributed by atoms with E-state index in [9.17, 15) is 15.0 Å². The topological polar surface area (TPSA) is 88.9 Å². The second-order valence-electron chi connectivity index (χ2n) is 3.16. The monoisotopic (exact) mass is 261 g/mol. The number of hydrogen-bond donors (Lipinski definition) is 2. The van der Waals surface area contributed by atoms with E-state index >= 15 is 0 Å². The molecule has 0 aromatic carbocycles. The molecule has 0 aliphatic heterocycles. The molecule has 1 heterocycles. The van der Waals surface area contributed by atoms with Gasteiger partial charge in [-0.25, -0.2) is 9.78 Å². The van der Waals surface area contributed by atoms with Gasteiger partial charge in [-0.15, -0.1) is 0 Å². The molecule has 2 unspecified atom stereocenters. The van der Waals surface area contributed by atoms with Gasteiger partial charge in [0.1, 0.15) is 6.10 Å². The summed E-state index contributed by atoms with van der Waals surface area (Å²) in [6.45, 7) is 0. The number of aromatic nitrogens is 1. The Bertz CT molecular complexity index is 412. The van der Waals surface area contributed by atoms with Gasteiger partial charge in [0.15, 0.2) is 6.10 Å². The van der Waals surface area contributed by atoms with E-state index in [-0.39, 0.29) is 16.5 Å². The first-order valence-electron chi connectivity index (χ1n) is 4.64. The molecule has 6 nitrogen and oxygen atoms in total. The highest BCUT2D eigenvalue weighted by molar-refractivity contribution is 6.30. The fourth-order valence-electron chi connectivity index (χ4n) is 1.24. The largest absolute Gasteiger partial charge is 0.481 e. The number of nitrogens with zero attached hydrogens (tertiary/aromatic N) is 1. The molecule has 0 spiro atoms. The van der Waals surface area contributed by atoms with Gasteiger partial charge < -0.3 is 19.7 Å². The summed E-state index contributed by atoms with van der Waals surface area (Å²) in [6.07, 6.45) is -1.93. The normalized spacial score (nSPS) is 13.9. The van der Waals surface area contributed by atoms with E-state index in [1.165, 1.54) is 19.4 Å². The Labute approximate surface area is 103 Å². The number of esters is 1. The first-order chi connectivity index (χ1) is 8.01. The van der Waals surface area contributed by atoms with Crippen LogP contribution < -0.4 is 4.74 Å². The first-order valence-corrected chi connectivity index (χ1v) is 5.02. The standard InChI is InChI=1S/C10H12ClNO5/c1-16-9-6(3-5(11)4-12-9)7(13)8(14)10(15)17-2/h3-4,7-8,13-14H,1-2H3. The minimum atomic E-state index is -1.73. The Balaban J connectivity index is 3.05. The van der Waals surface area contributed by atoms with E-state index in [2.05, 4.69) is 9.72 Å². The molecule has 0 aliphatic carbocycles. The Kier molecular flexibility index (Phi) is 4.68. The average molecular weight is 262 g/mol. The fraction of sp³-hybridized carbons (Fsp3) is 0.400. The van der Waals surface area contributed by atoms with E-state index < -0.39 is 18.2 Å². The van der Waals surface area contributed by atoms with Crippen molar-refractivity contribution in [1.82, 2.24) is 4.98 Å². The highest BCUT2D eigenvalue weighted by atomic mass is 35.5. The summed E-state index contributed by atoms with van der Waals surface area (Å²) in [5.74, 6) is -0.885. The van der Waals surface area contributed by atoms with Crippen LogP contribution in [0.15, 0.2) is 12.3 Å². The van der Waals surface area contributed by atoms with Crippen LogP contribution in [0.1, 0.15) is 11.7 Å². The second kappa shape index (κ2) is 5.81. The van der Waals surface area contributed by atoms with Crippen molar-refractivity contribution < 1.29 is 24.5 Å². The van der Waals surface area contributed by atoms with Crippen molar-refractivity contribution in [2.75, 3.05) is 14.2 Å². The molecule has 1 aromatic heterocycles. The molecule has 0 aliphatic rings. The lowest BCUT2D eigenvalue weighted by Gasteiger charge is -2.17. The Morgan fingerprint density at radius 1 is 1.47 bits per heavy atom. The molecule has 94 valence electrons. The third-order valence-electron chi connectivity index (χ3n) is 2.10. The van der Waals surface area contributed by atoms with E-state index in [0.29, 0.717) is 0 Å². The molecule has 7 heteroatoms. The Morgan fingerprint density at radius 2 is 2.12 bits per heavy atom. The van der Waals surface area contributed by atoms with Gasteiger partial charge >= 0.3 is 5.97 Å². The summed E-state index contributed by atoms with van der Waals surface area (Å²) >= 11 is 5.71. The lowest BCUT2D eigenvalue weighted by atomic mass is 10.1. The van der Waals surface area contributed by atoms with Crippen LogP contribution in [0.2, 0.25) is 5.02 Å². The third-order valence-corrected chi connectivity index (χ3v) is 2.31. The number of aliphatic hydroxyl groups excluding tert-OH is 2. The molecular weight excluding hydrogens is 250 g/mol. The summed E-state index contributed by atoms with van der Waals surface area (Å²) in [4.78, 5) is 14.9. The van der Waals surface area contributed by atoms with Crippen molar-refractivity contribution in [3.8, 4) is 5.88 Å². The van der Waals surface area contributed by atoms with E-state index in [4.69, 9.17) is 16.3 Å². The van der Waals surface area contributed by atoms with Crippen LogP contribution >= 0.6 is 11.6 Å². The number of pyridine rings is 1. The predicted molar refractivity (Wildman–Crippen MR) is 58.8 cm³/mol. The smallest absolute Gasteiger partial charge is 0.337 e. The number of rotatable bonds is 4. The van der Waals surface area contributed by atoms with E-state index in [0.717, 1.165) is 7.11 Å². The summed E-state index contributed by atoms with van der Waals surface area (Å²) in [5, 5.41) is 19.5. The van der Waals surface area contributed by atoms with Gasteiger partial charge in [0.2, 0.25) is 5.88 Å². The summed E-state index contributed by atoms with van der Waals surface area (Å²) in [5.41, 5.74) is 0.109. The van der Waals surface area contributed by atoms with Crippen molar-refractivity contribution in [3.63, 3.8) is 0 Å². The number of carbonyl (C=O) groups is 1. The Morgan fingerprint density at radius 3 is 2.65 bits per heavy atom. The van der Waals surface area contributed by atoms with Crippen LogP contribution in [-0.2, 0) is 9.53 Å². The number of halogens is 1. The van der Waals surface area contributed by atoms with Crippen molar-refractivity contribution in [3.05, 3.63) is 22.8 Å². The van der Waals surface area contributed by atoms with Crippen molar-refractivity contribution in [2.24, 2.45) is 0 Å². The quantitative estimate of drug-likeness (QED) is 0.759. The molecule has 0 saturated carbocycles. The molecule has 17 heavy (non-hydrogen) atoms. The second-order valence-corrected chi connectivity index (χ2v) is 3.60. The number of aliphatic hydroxyl groups is 2. The highest BCUT2D eigenvalue weighted by Crippen LogP contribution is 2.28. The molecule has 0 radical (unpaired) electrons. The van der Waals surface area contributed by atoms with E-state index in [1.54, 1.807) is 0 Å². The van der Waals surface area contributed by atoms with Gasteiger partial charge in [-0.05, 0) is 6.07 Å². The zero-order valence-corrected chi connectivity index (χ0v) is 10.0. The minimum Gasteiger partial charge on any atom is -0.481 e. The number of methoxy groups -OCH3 is 2. The zero-order valence-electron chi connectivity index (χ0n) is 9.25. The number of carbonyl (C=O) groups excluding carboxylic acids is 1. The highest BCUT2D eigenvalue weighted by Gasteiger charge is 2.29. The average Bonchev–Trinajstić information content (AvgIpc) is 2.35. The molecule has 0 fully saturated rings. The van der Waals surface area contributed by atoms with Gasteiger partial charge in [-0.3, -0.25) is 0 Å². The van der Waals surface area contributed by atoms with Gasteiger partial charge in [0.05, 0.1) is 19.2 Å². The fourth-order valence-corrected chi connectivity index (χ4v) is 1.41. The molecule has 2 atom stereocenters. The van der Waals surface area contributed by atoms with Crippen LogP contribution in [0.4, 0.5) is 0 Å². The molecule has 0 bridgehead atoms. The van der Waals surface area contributed by atoms with Gasteiger partial charge in [0, 0.05) is 11.8 Å². The first kappa shape index (κ1) is 13.7. The van der Waals surface area contributed by atoms with Crippen LogP contribution in [0.3, 0.4) is 0 Å². The Hall–Kier alpha value is -1.37. The molecule has 2 N–H and O–H groups in total. The number of hydrogen-bond acceptors (Lipinski definition) is 6. The zero-order chi connectivity index (χ0) is 13.0. The molecule has 0 saturated heterocycles. The van der Waals surface area contributed by atoms with Crippen molar-refractivity contribution in [2.45, 2.75) is 12.2 Å². The summed E-state index contributed by atoms with van der Waals surface area (Å²) in [6, 6.07) is 1.35. The molecule has 0 amide bonds. The van der Waals surface area contributed by atoms with Gasteiger partial charge in [-0.1, -0.05) is 11.6 Å². The lowest BCUT2D eigenvalue weighted by Crippen LogP contribution is -2.29. The third kappa shape index (κ3) is 3.06. The van der Waals surface area contributed by atoms with E-state index in [1.807, 2.05) is 0 Å². The maximum absolute atomic E-state index is 11.1.